The highest BCUT2D eigenvalue weighted by Gasteiger charge is 2.20. The first-order valence-electron chi connectivity index (χ1n) is 11.9. The summed E-state index contributed by atoms with van der Waals surface area (Å²) in [5.74, 6) is 0.205. The third kappa shape index (κ3) is 5.74. The summed E-state index contributed by atoms with van der Waals surface area (Å²) in [6, 6.07) is 13.7. The van der Waals surface area contributed by atoms with Gasteiger partial charge >= 0.3 is 0 Å². The van der Waals surface area contributed by atoms with Crippen LogP contribution in [-0.4, -0.2) is 60.4 Å². The number of nitrogens with two attached hydrogens (primary N) is 1. The molecular weight excluding hydrogens is 490 g/mol. The van der Waals surface area contributed by atoms with Crippen molar-refractivity contribution in [1.29, 1.82) is 0 Å². The fourth-order valence-corrected chi connectivity index (χ4v) is 4.85. The van der Waals surface area contributed by atoms with Gasteiger partial charge in [0, 0.05) is 46.8 Å². The summed E-state index contributed by atoms with van der Waals surface area (Å²) in [5, 5.41) is 12.2. The Morgan fingerprint density at radius 2 is 1.81 bits per heavy atom. The van der Waals surface area contributed by atoms with E-state index in [1.54, 1.807) is 30.7 Å². The predicted octanol–water partition coefficient (Wildman–Crippen LogP) is 2.91. The number of sulfonamides is 1. The normalized spacial score (nSPS) is 15.0. The van der Waals surface area contributed by atoms with Gasteiger partial charge in [-0.15, -0.1) is 0 Å². The Morgan fingerprint density at radius 3 is 2.54 bits per heavy atom. The number of benzene rings is 2. The van der Waals surface area contributed by atoms with E-state index in [9.17, 15) is 13.2 Å². The second-order valence-electron chi connectivity index (χ2n) is 9.14. The number of rotatable bonds is 6. The van der Waals surface area contributed by atoms with Crippen LogP contribution in [0.2, 0.25) is 0 Å². The highest BCUT2D eigenvalue weighted by molar-refractivity contribution is 7.89. The number of likely N-dealkylation sites (tertiary alicyclic amines) is 1. The molecule has 1 aliphatic heterocycles. The Hall–Kier alpha value is -3.93. The van der Waals surface area contributed by atoms with E-state index >= 15 is 0 Å². The van der Waals surface area contributed by atoms with Gasteiger partial charge in [0.1, 0.15) is 0 Å². The maximum Gasteiger partial charge on any atom is 0.253 e. The molecule has 0 atom stereocenters. The van der Waals surface area contributed by atoms with Crippen LogP contribution in [0.1, 0.15) is 23.2 Å². The molecule has 4 N–H and O–H groups in total. The lowest BCUT2D eigenvalue weighted by Gasteiger charge is -2.29. The van der Waals surface area contributed by atoms with E-state index in [4.69, 9.17) is 10.1 Å². The molecule has 1 aliphatic rings. The van der Waals surface area contributed by atoms with Crippen LogP contribution in [0.25, 0.3) is 22.0 Å². The van der Waals surface area contributed by atoms with E-state index in [1.165, 1.54) is 12.1 Å². The zero-order valence-electron chi connectivity index (χ0n) is 20.3. The lowest BCUT2D eigenvalue weighted by Crippen LogP contribution is -2.43. The zero-order valence-corrected chi connectivity index (χ0v) is 21.1. The molecule has 2 aromatic heterocycles. The number of piperidine rings is 1. The third-order valence-electron chi connectivity index (χ3n) is 6.42. The first kappa shape index (κ1) is 24.8. The van der Waals surface area contributed by atoms with Crippen LogP contribution in [0.5, 0.6) is 0 Å². The van der Waals surface area contributed by atoms with Crippen molar-refractivity contribution in [3.63, 3.8) is 0 Å². The number of aromatic nitrogens is 3. The average molecular weight is 518 g/mol. The van der Waals surface area contributed by atoms with Gasteiger partial charge in [-0.1, -0.05) is 18.2 Å². The van der Waals surface area contributed by atoms with Crippen molar-refractivity contribution in [2.24, 2.45) is 5.14 Å². The summed E-state index contributed by atoms with van der Waals surface area (Å²) in [7, 11) is -1.69. The van der Waals surface area contributed by atoms with E-state index in [-0.39, 0.29) is 16.8 Å². The molecule has 4 aromatic rings. The highest BCUT2D eigenvalue weighted by atomic mass is 32.2. The predicted molar refractivity (Wildman–Crippen MR) is 142 cm³/mol. The van der Waals surface area contributed by atoms with E-state index in [0.717, 1.165) is 42.4 Å². The molecule has 190 valence electrons. The van der Waals surface area contributed by atoms with Gasteiger partial charge in [0.2, 0.25) is 16.0 Å². The average Bonchev–Trinajstić information content (AvgIpc) is 2.89. The number of hydrogen-bond donors (Lipinski definition) is 3. The van der Waals surface area contributed by atoms with Crippen LogP contribution in [0.15, 0.2) is 72.0 Å². The van der Waals surface area contributed by atoms with E-state index in [0.29, 0.717) is 22.7 Å². The van der Waals surface area contributed by atoms with Gasteiger partial charge in [-0.25, -0.2) is 23.5 Å². The molecule has 1 amide bonds. The molecule has 3 heterocycles. The molecule has 2 aromatic carbocycles. The van der Waals surface area contributed by atoms with Gasteiger partial charge in [-0.05, 0) is 63.3 Å². The van der Waals surface area contributed by atoms with Crippen LogP contribution < -0.4 is 15.8 Å². The van der Waals surface area contributed by atoms with Gasteiger partial charge < -0.3 is 15.5 Å². The lowest BCUT2D eigenvalue weighted by molar-refractivity contribution is 0.0916. The molecule has 10 nitrogen and oxygen atoms in total. The second kappa shape index (κ2) is 10.2. The number of carbonyl (C=O) groups excluding carboxylic acids is 1. The number of nitrogens with one attached hydrogen (secondary N) is 2. The molecule has 0 bridgehead atoms. The smallest absolute Gasteiger partial charge is 0.253 e. The van der Waals surface area contributed by atoms with E-state index in [2.05, 4.69) is 32.5 Å². The molecule has 0 unspecified atom stereocenters. The number of para-hydroxylation sites is 1. The standard InChI is InChI=1S/C26H27N7O3S/c1-33-11-9-21(10-12-33)30-25(34)19-13-18(14-28-15-19)23-4-2-3-17-16-29-26(32-24(17)23)31-20-5-7-22(8-6-20)37(27,35)36/h2-8,13-16,21H,9-12H2,1H3,(H,30,34)(H2,27,35,36)(H,29,31,32). The third-order valence-corrected chi connectivity index (χ3v) is 7.34. The maximum absolute atomic E-state index is 12.9. The minimum Gasteiger partial charge on any atom is -0.349 e. The molecule has 0 aliphatic carbocycles. The van der Waals surface area contributed by atoms with E-state index in [1.807, 2.05) is 24.3 Å². The van der Waals surface area contributed by atoms with Crippen molar-refractivity contribution in [3.8, 4) is 11.1 Å². The van der Waals surface area contributed by atoms with Crippen molar-refractivity contribution in [2.75, 3.05) is 25.5 Å². The van der Waals surface area contributed by atoms with Gasteiger partial charge in [-0.3, -0.25) is 9.78 Å². The number of carbonyl (C=O) groups is 1. The van der Waals surface area contributed by atoms with Crippen LogP contribution in [0, 0.1) is 0 Å². The molecule has 11 heteroatoms. The Bertz CT molecular complexity index is 1550. The number of amides is 1. The molecule has 0 saturated carbocycles. The summed E-state index contributed by atoms with van der Waals surface area (Å²) < 4.78 is 23.0. The van der Waals surface area contributed by atoms with Crippen molar-refractivity contribution >= 4 is 38.5 Å². The topological polar surface area (TPSA) is 143 Å². The summed E-state index contributed by atoms with van der Waals surface area (Å²) in [6.45, 7) is 1.93. The summed E-state index contributed by atoms with van der Waals surface area (Å²) >= 11 is 0. The lowest BCUT2D eigenvalue weighted by atomic mass is 10.0. The fraction of sp³-hybridized carbons (Fsp3) is 0.231. The quantitative estimate of drug-likeness (QED) is 0.354. The van der Waals surface area contributed by atoms with Gasteiger partial charge in [0.15, 0.2) is 0 Å². The summed E-state index contributed by atoms with van der Waals surface area (Å²) in [4.78, 5) is 28.6. The Morgan fingerprint density at radius 1 is 1.05 bits per heavy atom. The number of anilines is 2. The number of primary sulfonamides is 1. The molecular formula is C26H27N7O3S. The minimum atomic E-state index is -3.77. The van der Waals surface area contributed by atoms with Gasteiger partial charge in [-0.2, -0.15) is 0 Å². The first-order valence-corrected chi connectivity index (χ1v) is 13.4. The summed E-state index contributed by atoms with van der Waals surface area (Å²) in [6.07, 6.45) is 6.84. The van der Waals surface area contributed by atoms with Crippen LogP contribution in [0.4, 0.5) is 11.6 Å². The van der Waals surface area contributed by atoms with Gasteiger partial charge in [0.05, 0.1) is 16.0 Å². The van der Waals surface area contributed by atoms with Gasteiger partial charge in [0.25, 0.3) is 5.91 Å². The Kier molecular flexibility index (Phi) is 6.83. The molecule has 1 fully saturated rings. The van der Waals surface area contributed by atoms with Crippen LogP contribution >= 0.6 is 0 Å². The molecule has 1 saturated heterocycles. The largest absolute Gasteiger partial charge is 0.349 e. The number of fused-ring (bicyclic) bond motifs is 1. The number of pyridine rings is 1. The highest BCUT2D eigenvalue weighted by Crippen LogP contribution is 2.28. The zero-order chi connectivity index (χ0) is 26.0. The second-order valence-corrected chi connectivity index (χ2v) is 10.7. The fourth-order valence-electron chi connectivity index (χ4n) is 4.34. The van der Waals surface area contributed by atoms with E-state index < -0.39 is 10.0 Å². The van der Waals surface area contributed by atoms with Crippen LogP contribution in [0.3, 0.4) is 0 Å². The molecule has 0 radical (unpaired) electrons. The SMILES string of the molecule is CN1CCC(NC(=O)c2cncc(-c3cccc4cnc(Nc5ccc(S(N)(=O)=O)cc5)nc34)c2)CC1. The number of nitrogens with zero attached hydrogens (tertiary/aromatic N) is 4. The maximum atomic E-state index is 12.9. The Labute approximate surface area is 215 Å². The molecule has 0 spiro atoms. The van der Waals surface area contributed by atoms with Crippen molar-refractivity contribution < 1.29 is 13.2 Å². The number of hydrogen-bond acceptors (Lipinski definition) is 8. The molecule has 5 rings (SSSR count). The molecule has 37 heavy (non-hydrogen) atoms. The summed E-state index contributed by atoms with van der Waals surface area (Å²) in [5.41, 5.74) is 3.38. The van der Waals surface area contributed by atoms with Crippen molar-refractivity contribution in [3.05, 3.63) is 72.7 Å². The van der Waals surface area contributed by atoms with Crippen molar-refractivity contribution in [1.82, 2.24) is 25.2 Å². The van der Waals surface area contributed by atoms with Crippen LogP contribution in [-0.2, 0) is 10.0 Å². The van der Waals surface area contributed by atoms with Crippen molar-refractivity contribution in [2.45, 2.75) is 23.8 Å². The minimum absolute atomic E-state index is 0.0204. The monoisotopic (exact) mass is 517 g/mol. The first-order chi connectivity index (χ1) is 17.8. The Balaban J connectivity index is 1.40.